The van der Waals surface area contributed by atoms with Crippen LogP contribution in [0, 0.1) is 11.6 Å². The van der Waals surface area contributed by atoms with Crippen LogP contribution in [-0.4, -0.2) is 11.9 Å². The van der Waals surface area contributed by atoms with Crippen LogP contribution >= 0.6 is 0 Å². The predicted molar refractivity (Wildman–Crippen MR) is 72.4 cm³/mol. The van der Waals surface area contributed by atoms with Crippen molar-refractivity contribution in [2.45, 2.75) is 13.2 Å². The second kappa shape index (κ2) is 7.31. The van der Waals surface area contributed by atoms with Crippen LogP contribution in [0.1, 0.15) is 11.1 Å². The summed E-state index contributed by atoms with van der Waals surface area (Å²) in [5.74, 6) is -3.33. The predicted octanol–water partition coefficient (Wildman–Crippen LogP) is 2.75. The van der Waals surface area contributed by atoms with Crippen molar-refractivity contribution in [1.29, 1.82) is 0 Å². The third kappa shape index (κ3) is 4.66. The standard InChI is InChI=1S/C16H12F2O4/c17-13-5-1-3-11(7-13)9-21-15(19)16(20)22-10-12-4-2-6-14(18)8-12/h1-8H,9-10H2. The molecular formula is C16H12F2O4. The molecule has 0 bridgehead atoms. The quantitative estimate of drug-likeness (QED) is 0.644. The molecule has 4 nitrogen and oxygen atoms in total. The second-order valence-corrected chi connectivity index (χ2v) is 4.41. The summed E-state index contributed by atoms with van der Waals surface area (Å²) in [5.41, 5.74) is 0.817. The van der Waals surface area contributed by atoms with Crippen LogP contribution in [-0.2, 0) is 32.3 Å². The van der Waals surface area contributed by atoms with Crippen molar-refractivity contribution in [3.8, 4) is 0 Å². The van der Waals surface area contributed by atoms with Crippen molar-refractivity contribution < 1.29 is 27.8 Å². The summed E-state index contributed by atoms with van der Waals surface area (Å²) < 4.78 is 35.3. The van der Waals surface area contributed by atoms with E-state index in [2.05, 4.69) is 0 Å². The Kier molecular flexibility index (Phi) is 5.19. The van der Waals surface area contributed by atoms with Gasteiger partial charge < -0.3 is 9.47 Å². The van der Waals surface area contributed by atoms with Crippen molar-refractivity contribution in [3.05, 3.63) is 71.3 Å². The van der Waals surface area contributed by atoms with Crippen LogP contribution in [0.25, 0.3) is 0 Å². The summed E-state index contributed by atoms with van der Waals surface area (Å²) in [6.07, 6.45) is 0. The molecule has 0 spiro atoms. The fraction of sp³-hybridized carbons (Fsp3) is 0.125. The molecule has 22 heavy (non-hydrogen) atoms. The third-order valence-corrected chi connectivity index (χ3v) is 2.68. The number of halogens is 2. The zero-order valence-corrected chi connectivity index (χ0v) is 11.4. The molecule has 2 aromatic carbocycles. The van der Waals surface area contributed by atoms with Crippen molar-refractivity contribution in [2.24, 2.45) is 0 Å². The van der Waals surface area contributed by atoms with Crippen LogP contribution in [0.3, 0.4) is 0 Å². The van der Waals surface area contributed by atoms with Crippen molar-refractivity contribution in [2.75, 3.05) is 0 Å². The molecule has 0 aromatic heterocycles. The molecule has 0 radical (unpaired) electrons. The fourth-order valence-corrected chi connectivity index (χ4v) is 1.67. The minimum Gasteiger partial charge on any atom is -0.452 e. The van der Waals surface area contributed by atoms with E-state index in [9.17, 15) is 18.4 Å². The SMILES string of the molecule is O=C(OCc1cccc(F)c1)C(=O)OCc1cccc(F)c1. The third-order valence-electron chi connectivity index (χ3n) is 2.68. The van der Waals surface area contributed by atoms with E-state index in [0.29, 0.717) is 11.1 Å². The first-order valence-corrected chi connectivity index (χ1v) is 6.37. The zero-order chi connectivity index (χ0) is 15.9. The van der Waals surface area contributed by atoms with Crippen molar-refractivity contribution >= 4 is 11.9 Å². The maximum Gasteiger partial charge on any atom is 0.417 e. The highest BCUT2D eigenvalue weighted by molar-refractivity contribution is 6.29. The molecule has 0 saturated carbocycles. The van der Waals surface area contributed by atoms with E-state index in [1.165, 1.54) is 36.4 Å². The van der Waals surface area contributed by atoms with Gasteiger partial charge in [-0.05, 0) is 35.4 Å². The molecule has 6 heteroatoms. The molecule has 0 N–H and O–H groups in total. The van der Waals surface area contributed by atoms with Crippen LogP contribution in [0.4, 0.5) is 8.78 Å². The van der Waals surface area contributed by atoms with Gasteiger partial charge in [0.2, 0.25) is 0 Å². The van der Waals surface area contributed by atoms with Gasteiger partial charge >= 0.3 is 11.9 Å². The Morgan fingerprint density at radius 2 is 1.18 bits per heavy atom. The normalized spacial score (nSPS) is 10.1. The highest BCUT2D eigenvalue weighted by Gasteiger charge is 2.17. The first kappa shape index (κ1) is 15.6. The lowest BCUT2D eigenvalue weighted by molar-refractivity contribution is -0.169. The van der Waals surface area contributed by atoms with Gasteiger partial charge in [0, 0.05) is 0 Å². The molecule has 0 saturated heterocycles. The highest BCUT2D eigenvalue weighted by Crippen LogP contribution is 2.07. The Morgan fingerprint density at radius 3 is 1.55 bits per heavy atom. The Bertz CT molecular complexity index is 626. The molecule has 0 aliphatic heterocycles. The van der Waals surface area contributed by atoms with Gasteiger partial charge in [-0.1, -0.05) is 24.3 Å². The molecular weight excluding hydrogens is 294 g/mol. The number of hydrogen-bond donors (Lipinski definition) is 0. The van der Waals surface area contributed by atoms with Gasteiger partial charge in [-0.3, -0.25) is 0 Å². The monoisotopic (exact) mass is 306 g/mol. The summed E-state index contributed by atoms with van der Waals surface area (Å²) in [5, 5.41) is 0. The molecule has 0 atom stereocenters. The van der Waals surface area contributed by atoms with E-state index in [1.807, 2.05) is 0 Å². The summed E-state index contributed by atoms with van der Waals surface area (Å²) in [6, 6.07) is 10.9. The molecule has 0 aliphatic rings. The molecule has 2 rings (SSSR count). The minimum atomic E-state index is -1.19. The van der Waals surface area contributed by atoms with Gasteiger partial charge in [-0.2, -0.15) is 0 Å². The molecule has 0 heterocycles. The maximum absolute atomic E-state index is 12.9. The van der Waals surface area contributed by atoms with E-state index < -0.39 is 23.6 Å². The lowest BCUT2D eigenvalue weighted by Crippen LogP contribution is -2.20. The van der Waals surface area contributed by atoms with Crippen molar-refractivity contribution in [1.82, 2.24) is 0 Å². The van der Waals surface area contributed by atoms with Gasteiger partial charge in [0.1, 0.15) is 24.8 Å². The number of carbonyl (C=O) groups is 2. The number of carbonyl (C=O) groups excluding carboxylic acids is 2. The molecule has 0 unspecified atom stereocenters. The number of benzene rings is 2. The first-order valence-electron chi connectivity index (χ1n) is 6.37. The first-order chi connectivity index (χ1) is 10.5. The minimum absolute atomic E-state index is 0.244. The molecule has 0 aliphatic carbocycles. The lowest BCUT2D eigenvalue weighted by Gasteiger charge is -2.06. The summed E-state index contributed by atoms with van der Waals surface area (Å²) in [7, 11) is 0. The van der Waals surface area contributed by atoms with Gasteiger partial charge in [0.25, 0.3) is 0 Å². The van der Waals surface area contributed by atoms with Gasteiger partial charge in [-0.15, -0.1) is 0 Å². The average molecular weight is 306 g/mol. The zero-order valence-electron chi connectivity index (χ0n) is 11.4. The topological polar surface area (TPSA) is 52.6 Å². The number of esters is 2. The molecule has 114 valence electrons. The summed E-state index contributed by atoms with van der Waals surface area (Å²) in [6.45, 7) is -0.489. The molecule has 0 amide bonds. The van der Waals surface area contributed by atoms with E-state index in [4.69, 9.17) is 9.47 Å². The Balaban J connectivity index is 1.81. The Labute approximate surface area is 125 Å². The Hall–Kier alpha value is -2.76. The smallest absolute Gasteiger partial charge is 0.417 e. The molecule has 2 aromatic rings. The van der Waals surface area contributed by atoms with Gasteiger partial charge in [0.05, 0.1) is 0 Å². The van der Waals surface area contributed by atoms with E-state index >= 15 is 0 Å². The average Bonchev–Trinajstić information content (AvgIpc) is 2.50. The van der Waals surface area contributed by atoms with Gasteiger partial charge in [0.15, 0.2) is 0 Å². The van der Waals surface area contributed by atoms with Crippen LogP contribution < -0.4 is 0 Å². The second-order valence-electron chi connectivity index (χ2n) is 4.41. The van der Waals surface area contributed by atoms with Crippen LogP contribution in [0.15, 0.2) is 48.5 Å². The van der Waals surface area contributed by atoms with Crippen LogP contribution in [0.5, 0.6) is 0 Å². The van der Waals surface area contributed by atoms with E-state index in [0.717, 1.165) is 0 Å². The summed E-state index contributed by atoms with van der Waals surface area (Å²) in [4.78, 5) is 22.8. The number of rotatable bonds is 4. The fourth-order valence-electron chi connectivity index (χ4n) is 1.67. The number of hydrogen-bond acceptors (Lipinski definition) is 4. The lowest BCUT2D eigenvalue weighted by atomic mass is 10.2. The van der Waals surface area contributed by atoms with E-state index in [1.54, 1.807) is 12.1 Å². The molecule has 0 fully saturated rings. The summed E-state index contributed by atoms with van der Waals surface area (Å²) >= 11 is 0. The highest BCUT2D eigenvalue weighted by atomic mass is 19.1. The number of ether oxygens (including phenoxy) is 2. The van der Waals surface area contributed by atoms with Crippen LogP contribution in [0.2, 0.25) is 0 Å². The Morgan fingerprint density at radius 1 is 0.773 bits per heavy atom. The van der Waals surface area contributed by atoms with Crippen molar-refractivity contribution in [3.63, 3.8) is 0 Å². The maximum atomic E-state index is 12.9. The van der Waals surface area contributed by atoms with Gasteiger partial charge in [-0.25, -0.2) is 18.4 Å². The van der Waals surface area contributed by atoms with E-state index in [-0.39, 0.29) is 13.2 Å². The largest absolute Gasteiger partial charge is 0.452 e.